The number of ketones is 1. The summed E-state index contributed by atoms with van der Waals surface area (Å²) < 4.78 is 5.18. The number of methoxy groups -OCH3 is 1. The third-order valence-corrected chi connectivity index (χ3v) is 5.06. The predicted molar refractivity (Wildman–Crippen MR) is 115 cm³/mol. The van der Waals surface area contributed by atoms with E-state index in [-0.39, 0.29) is 5.78 Å². The van der Waals surface area contributed by atoms with Crippen LogP contribution in [0.1, 0.15) is 24.0 Å². The zero-order chi connectivity index (χ0) is 19.3. The Hall–Kier alpha value is -3.39. The molecule has 0 saturated heterocycles. The molecule has 0 amide bonds. The maximum atomic E-state index is 12.8. The second-order valence-electron chi connectivity index (χ2n) is 6.93. The van der Waals surface area contributed by atoms with Crippen molar-refractivity contribution in [2.45, 2.75) is 12.8 Å². The van der Waals surface area contributed by atoms with Crippen LogP contribution in [0.3, 0.4) is 0 Å². The number of hydrogen-bond donors (Lipinski definition) is 0. The molecule has 1 fully saturated rings. The maximum absolute atomic E-state index is 12.8. The Morgan fingerprint density at radius 1 is 0.679 bits per heavy atom. The van der Waals surface area contributed by atoms with E-state index in [0.717, 1.165) is 40.9 Å². The summed E-state index contributed by atoms with van der Waals surface area (Å²) in [6.45, 7) is 0. The van der Waals surface area contributed by atoms with Crippen LogP contribution in [0.15, 0.2) is 90.0 Å². The number of Topliss-reactive ketones (excluding diaryl/α,β-unsaturated/α-hetero) is 1. The van der Waals surface area contributed by atoms with Crippen molar-refractivity contribution in [3.05, 3.63) is 101 Å². The fourth-order valence-electron chi connectivity index (χ4n) is 3.48. The summed E-state index contributed by atoms with van der Waals surface area (Å²) in [5, 5.41) is 0. The third-order valence-electron chi connectivity index (χ3n) is 5.06. The highest BCUT2D eigenvalue weighted by molar-refractivity contribution is 6.15. The van der Waals surface area contributed by atoms with Crippen LogP contribution >= 0.6 is 0 Å². The first-order chi connectivity index (χ1) is 13.7. The van der Waals surface area contributed by atoms with Crippen molar-refractivity contribution in [2.24, 2.45) is 0 Å². The Morgan fingerprint density at radius 3 is 1.71 bits per heavy atom. The number of allylic oxidation sites excluding steroid dienone is 2. The first kappa shape index (κ1) is 18.0. The van der Waals surface area contributed by atoms with Crippen molar-refractivity contribution in [3.63, 3.8) is 0 Å². The minimum Gasteiger partial charge on any atom is -0.497 e. The molecule has 0 unspecified atom stereocenters. The molecule has 3 aromatic rings. The van der Waals surface area contributed by atoms with Crippen molar-refractivity contribution in [1.29, 1.82) is 0 Å². The lowest BCUT2D eigenvalue weighted by molar-refractivity contribution is -0.111. The van der Waals surface area contributed by atoms with Crippen LogP contribution in [0.25, 0.3) is 23.3 Å². The highest BCUT2D eigenvalue weighted by Crippen LogP contribution is 2.30. The van der Waals surface area contributed by atoms with Gasteiger partial charge >= 0.3 is 0 Å². The molecule has 0 spiro atoms. The molecule has 138 valence electrons. The number of hydrogen-bond acceptors (Lipinski definition) is 2. The van der Waals surface area contributed by atoms with Crippen LogP contribution in [0.5, 0.6) is 5.75 Å². The SMILES string of the molecule is COc1ccc(/C=C2\CC/C(=C\c3ccc(-c4ccccc4)cc3)C2=O)cc1. The number of rotatable bonds is 4. The van der Waals surface area contributed by atoms with Crippen molar-refractivity contribution in [3.8, 4) is 16.9 Å². The topological polar surface area (TPSA) is 26.3 Å². The number of carbonyl (C=O) groups excluding carboxylic acids is 1. The lowest BCUT2D eigenvalue weighted by atomic mass is 10.0. The largest absolute Gasteiger partial charge is 0.497 e. The zero-order valence-electron chi connectivity index (χ0n) is 15.9. The van der Waals surface area contributed by atoms with E-state index in [1.807, 2.05) is 54.6 Å². The number of carbonyl (C=O) groups is 1. The van der Waals surface area contributed by atoms with Gasteiger partial charge in [-0.15, -0.1) is 0 Å². The molecule has 0 aliphatic heterocycles. The lowest BCUT2D eigenvalue weighted by Gasteiger charge is -2.03. The van der Waals surface area contributed by atoms with Gasteiger partial charge in [0.1, 0.15) is 5.75 Å². The second kappa shape index (κ2) is 8.10. The van der Waals surface area contributed by atoms with Gasteiger partial charge in [0.25, 0.3) is 0 Å². The Balaban J connectivity index is 1.51. The predicted octanol–water partition coefficient (Wildman–Crippen LogP) is 6.19. The van der Waals surface area contributed by atoms with E-state index in [0.29, 0.717) is 0 Å². The normalized spacial score (nSPS) is 16.7. The quantitative estimate of drug-likeness (QED) is 0.515. The molecular formula is C26H22O2. The molecule has 1 aliphatic rings. The molecule has 0 heterocycles. The molecule has 2 nitrogen and oxygen atoms in total. The number of ether oxygens (including phenoxy) is 1. The second-order valence-corrected chi connectivity index (χ2v) is 6.93. The monoisotopic (exact) mass is 366 g/mol. The first-order valence-electron chi connectivity index (χ1n) is 9.48. The third kappa shape index (κ3) is 3.96. The van der Waals surface area contributed by atoms with Crippen LogP contribution in [-0.2, 0) is 4.79 Å². The van der Waals surface area contributed by atoms with Gasteiger partial charge in [0.2, 0.25) is 0 Å². The van der Waals surface area contributed by atoms with E-state index >= 15 is 0 Å². The smallest absolute Gasteiger partial charge is 0.185 e. The van der Waals surface area contributed by atoms with E-state index in [1.54, 1.807) is 7.11 Å². The van der Waals surface area contributed by atoms with E-state index < -0.39 is 0 Å². The van der Waals surface area contributed by atoms with Gasteiger partial charge < -0.3 is 4.74 Å². The Kier molecular flexibility index (Phi) is 5.20. The van der Waals surface area contributed by atoms with E-state index in [2.05, 4.69) is 36.4 Å². The van der Waals surface area contributed by atoms with Crippen molar-refractivity contribution in [2.75, 3.05) is 7.11 Å². The van der Waals surface area contributed by atoms with E-state index in [1.165, 1.54) is 11.1 Å². The van der Waals surface area contributed by atoms with E-state index in [4.69, 9.17) is 4.74 Å². The molecule has 0 N–H and O–H groups in total. The summed E-state index contributed by atoms with van der Waals surface area (Å²) in [5.74, 6) is 0.974. The molecule has 1 aliphatic carbocycles. The minimum absolute atomic E-state index is 0.156. The summed E-state index contributed by atoms with van der Waals surface area (Å²) in [4.78, 5) is 12.8. The van der Waals surface area contributed by atoms with Gasteiger partial charge in [-0.1, -0.05) is 66.7 Å². The van der Waals surface area contributed by atoms with Crippen LogP contribution < -0.4 is 4.74 Å². The van der Waals surface area contributed by atoms with Crippen LogP contribution in [0.4, 0.5) is 0 Å². The molecular weight excluding hydrogens is 344 g/mol. The van der Waals surface area contributed by atoms with Crippen molar-refractivity contribution in [1.82, 2.24) is 0 Å². The van der Waals surface area contributed by atoms with Gasteiger partial charge in [-0.05, 0) is 59.4 Å². The minimum atomic E-state index is 0.156. The molecule has 0 radical (unpaired) electrons. The summed E-state index contributed by atoms with van der Waals surface area (Å²) in [6.07, 6.45) is 5.59. The Labute approximate surface area is 165 Å². The average molecular weight is 366 g/mol. The molecule has 3 aromatic carbocycles. The van der Waals surface area contributed by atoms with Gasteiger partial charge in [0.15, 0.2) is 5.78 Å². The summed E-state index contributed by atoms with van der Waals surface area (Å²) in [6, 6.07) is 26.4. The van der Waals surface area contributed by atoms with E-state index in [9.17, 15) is 4.79 Å². The summed E-state index contributed by atoms with van der Waals surface area (Å²) in [7, 11) is 1.65. The summed E-state index contributed by atoms with van der Waals surface area (Å²) in [5.41, 5.74) is 6.22. The standard InChI is InChI=1S/C26H22O2/c1-28-25-15-9-20(10-16-25)18-24-14-13-23(26(24)27)17-19-7-11-22(12-8-19)21-5-3-2-4-6-21/h2-12,15-18H,13-14H2,1H3/b23-17+,24-18+. The zero-order valence-corrected chi connectivity index (χ0v) is 15.9. The molecule has 1 saturated carbocycles. The highest BCUT2D eigenvalue weighted by atomic mass is 16.5. The fraction of sp³-hybridized carbons (Fsp3) is 0.115. The van der Waals surface area contributed by atoms with Gasteiger partial charge in [-0.3, -0.25) is 4.79 Å². The van der Waals surface area contributed by atoms with Gasteiger partial charge in [0.05, 0.1) is 7.11 Å². The Morgan fingerprint density at radius 2 is 1.18 bits per heavy atom. The molecule has 0 bridgehead atoms. The molecule has 0 atom stereocenters. The highest BCUT2D eigenvalue weighted by Gasteiger charge is 2.22. The van der Waals surface area contributed by atoms with Crippen LogP contribution in [0.2, 0.25) is 0 Å². The van der Waals surface area contributed by atoms with Crippen molar-refractivity contribution >= 4 is 17.9 Å². The molecule has 4 rings (SSSR count). The molecule has 2 heteroatoms. The lowest BCUT2D eigenvalue weighted by Crippen LogP contribution is -1.95. The fourth-order valence-corrected chi connectivity index (χ4v) is 3.48. The van der Waals surface area contributed by atoms with Crippen LogP contribution in [0, 0.1) is 0 Å². The first-order valence-corrected chi connectivity index (χ1v) is 9.48. The number of benzene rings is 3. The van der Waals surface area contributed by atoms with Gasteiger partial charge in [-0.25, -0.2) is 0 Å². The van der Waals surface area contributed by atoms with Crippen molar-refractivity contribution < 1.29 is 9.53 Å². The molecule has 0 aromatic heterocycles. The van der Waals surface area contributed by atoms with Gasteiger partial charge in [0, 0.05) is 11.1 Å². The summed E-state index contributed by atoms with van der Waals surface area (Å²) >= 11 is 0. The van der Waals surface area contributed by atoms with Gasteiger partial charge in [-0.2, -0.15) is 0 Å². The average Bonchev–Trinajstić information content (AvgIpc) is 3.09. The molecule has 28 heavy (non-hydrogen) atoms. The maximum Gasteiger partial charge on any atom is 0.185 e. The van der Waals surface area contributed by atoms with Crippen LogP contribution in [-0.4, -0.2) is 12.9 Å². The Bertz CT molecular complexity index is 1020.